The van der Waals surface area contributed by atoms with E-state index in [1.807, 2.05) is 0 Å². The lowest BCUT2D eigenvalue weighted by Gasteiger charge is -2.00. The van der Waals surface area contributed by atoms with Gasteiger partial charge >= 0.3 is 0 Å². The third kappa shape index (κ3) is 9.84. The van der Waals surface area contributed by atoms with Crippen molar-refractivity contribution in [2.75, 3.05) is 6.61 Å². The van der Waals surface area contributed by atoms with Gasteiger partial charge in [-0.1, -0.05) is 0 Å². The molecule has 0 aromatic rings. The second kappa shape index (κ2) is 9.65. The van der Waals surface area contributed by atoms with Crippen LogP contribution in [0.2, 0.25) is 0 Å². The lowest BCUT2D eigenvalue weighted by Crippen LogP contribution is -2.08. The van der Waals surface area contributed by atoms with E-state index in [0.29, 0.717) is 0 Å². The molecule has 18 heavy (non-hydrogen) atoms. The fourth-order valence-electron chi connectivity index (χ4n) is 1.37. The van der Waals surface area contributed by atoms with Gasteiger partial charge in [0.1, 0.15) is 23.1 Å². The molecule has 0 aliphatic heterocycles. The highest BCUT2D eigenvalue weighted by atomic mass is 16.3. The molecule has 0 radical (unpaired) electrons. The molecule has 1 N–H and O–H groups in total. The van der Waals surface area contributed by atoms with Gasteiger partial charge in [0, 0.05) is 51.6 Å². The van der Waals surface area contributed by atoms with Gasteiger partial charge in [-0.25, -0.2) is 0 Å². The van der Waals surface area contributed by atoms with Gasteiger partial charge in [-0.2, -0.15) is 0 Å². The molecule has 0 amide bonds. The zero-order valence-electron chi connectivity index (χ0n) is 10.7. The van der Waals surface area contributed by atoms with Crippen LogP contribution in [-0.4, -0.2) is 34.8 Å². The molecule has 0 saturated heterocycles. The number of Topliss-reactive ketones (excluding diaryl/α,β-unsaturated/α-hetero) is 4. The Morgan fingerprint density at radius 2 is 1.00 bits per heavy atom. The fraction of sp³-hybridized carbons (Fsp3) is 0.692. The van der Waals surface area contributed by atoms with Gasteiger partial charge in [-0.3, -0.25) is 14.4 Å². The monoisotopic (exact) mass is 256 g/mol. The first-order valence-electron chi connectivity index (χ1n) is 6.11. The van der Waals surface area contributed by atoms with Crippen molar-refractivity contribution < 1.29 is 24.3 Å². The molecular weight excluding hydrogens is 236 g/mol. The maximum Gasteiger partial charge on any atom is 0.135 e. The van der Waals surface area contributed by atoms with Gasteiger partial charge < -0.3 is 9.90 Å². The summed E-state index contributed by atoms with van der Waals surface area (Å²) >= 11 is 0. The Morgan fingerprint density at radius 3 is 1.33 bits per heavy atom. The summed E-state index contributed by atoms with van der Waals surface area (Å²) in [5.41, 5.74) is 0. The minimum absolute atomic E-state index is 0.0377. The molecule has 0 saturated carbocycles. The molecule has 102 valence electrons. The van der Waals surface area contributed by atoms with E-state index in [-0.39, 0.29) is 74.7 Å². The topological polar surface area (TPSA) is 88.5 Å². The van der Waals surface area contributed by atoms with Crippen LogP contribution in [0.1, 0.15) is 51.9 Å². The van der Waals surface area contributed by atoms with Crippen molar-refractivity contribution in [1.82, 2.24) is 0 Å². The Bertz CT molecular complexity index is 319. The second-order valence-electron chi connectivity index (χ2n) is 4.29. The van der Waals surface area contributed by atoms with E-state index in [1.165, 1.54) is 6.92 Å². The number of hydrogen-bond acceptors (Lipinski definition) is 5. The number of aliphatic hydroxyl groups is 1. The lowest BCUT2D eigenvalue weighted by atomic mass is 10.0. The molecule has 0 unspecified atom stereocenters. The molecule has 0 aromatic carbocycles. The van der Waals surface area contributed by atoms with Crippen molar-refractivity contribution in [2.45, 2.75) is 51.9 Å². The molecule has 0 aliphatic rings. The van der Waals surface area contributed by atoms with E-state index >= 15 is 0 Å². The van der Waals surface area contributed by atoms with Crippen molar-refractivity contribution in [3.63, 3.8) is 0 Å². The lowest BCUT2D eigenvalue weighted by molar-refractivity contribution is -0.126. The zero-order chi connectivity index (χ0) is 14.0. The summed E-state index contributed by atoms with van der Waals surface area (Å²) in [4.78, 5) is 44.3. The Morgan fingerprint density at radius 1 is 0.667 bits per heavy atom. The van der Waals surface area contributed by atoms with E-state index in [9.17, 15) is 19.2 Å². The van der Waals surface area contributed by atoms with Crippen LogP contribution in [0.3, 0.4) is 0 Å². The summed E-state index contributed by atoms with van der Waals surface area (Å²) in [6.07, 6.45) is 1.00. The van der Waals surface area contributed by atoms with Crippen LogP contribution in [0.5, 0.6) is 0 Å². The van der Waals surface area contributed by atoms with E-state index in [1.54, 1.807) is 0 Å². The number of ketones is 4. The van der Waals surface area contributed by atoms with Crippen molar-refractivity contribution in [3.8, 4) is 0 Å². The summed E-state index contributed by atoms with van der Waals surface area (Å²) < 4.78 is 0. The largest absolute Gasteiger partial charge is 0.396 e. The highest BCUT2D eigenvalue weighted by Crippen LogP contribution is 2.04. The Kier molecular flexibility index (Phi) is 8.92. The maximum atomic E-state index is 11.4. The molecule has 0 atom stereocenters. The fourth-order valence-corrected chi connectivity index (χ4v) is 1.37. The van der Waals surface area contributed by atoms with Crippen molar-refractivity contribution in [1.29, 1.82) is 0 Å². The summed E-state index contributed by atoms with van der Waals surface area (Å²) in [6, 6.07) is 0. The average Bonchev–Trinajstić information content (AvgIpc) is 2.31. The van der Waals surface area contributed by atoms with Gasteiger partial charge in [0.15, 0.2) is 0 Å². The highest BCUT2D eigenvalue weighted by molar-refractivity contribution is 5.90. The summed E-state index contributed by atoms with van der Waals surface area (Å²) in [5.74, 6) is -0.407. The van der Waals surface area contributed by atoms with Crippen LogP contribution in [0.15, 0.2) is 0 Å². The quantitative estimate of drug-likeness (QED) is 0.596. The zero-order valence-corrected chi connectivity index (χ0v) is 10.7. The van der Waals surface area contributed by atoms with Crippen LogP contribution in [0.4, 0.5) is 0 Å². The molecule has 0 bridgehead atoms. The predicted molar refractivity (Wildman–Crippen MR) is 65.1 cm³/mol. The van der Waals surface area contributed by atoms with Gasteiger partial charge in [0.05, 0.1) is 0 Å². The average molecular weight is 256 g/mol. The minimum atomic E-state index is -0.198. The number of carbonyl (C=O) groups is 4. The van der Waals surface area contributed by atoms with Crippen LogP contribution in [0.25, 0.3) is 0 Å². The van der Waals surface area contributed by atoms with Gasteiger partial charge in [0.25, 0.3) is 0 Å². The highest BCUT2D eigenvalue weighted by Gasteiger charge is 2.10. The van der Waals surface area contributed by atoms with Gasteiger partial charge in [-0.05, 0) is 6.92 Å². The molecule has 0 aromatic heterocycles. The number of aliphatic hydroxyl groups excluding tert-OH is 1. The predicted octanol–water partition coefficient (Wildman–Crippen LogP) is 1.01. The van der Waals surface area contributed by atoms with Crippen molar-refractivity contribution in [3.05, 3.63) is 0 Å². The SMILES string of the molecule is CC(=O)CCC(=O)CCC(=O)CCC(=O)CCO. The number of rotatable bonds is 11. The Balaban J connectivity index is 3.67. The third-order valence-electron chi connectivity index (χ3n) is 2.51. The van der Waals surface area contributed by atoms with Crippen molar-refractivity contribution in [2.24, 2.45) is 0 Å². The molecule has 5 heteroatoms. The maximum absolute atomic E-state index is 11.4. The number of carbonyl (C=O) groups excluding carboxylic acids is 4. The Hall–Kier alpha value is -1.36. The molecule has 0 rings (SSSR count). The normalized spacial score (nSPS) is 10.1. The van der Waals surface area contributed by atoms with E-state index in [4.69, 9.17) is 5.11 Å². The molecule has 0 fully saturated rings. The van der Waals surface area contributed by atoms with Crippen molar-refractivity contribution >= 4 is 23.1 Å². The molecule has 0 spiro atoms. The summed E-state index contributed by atoms with van der Waals surface area (Å²) in [6.45, 7) is 1.22. The molecule has 0 heterocycles. The van der Waals surface area contributed by atoms with Gasteiger partial charge in [-0.15, -0.1) is 0 Å². The molecular formula is C13H20O5. The smallest absolute Gasteiger partial charge is 0.135 e. The van der Waals surface area contributed by atoms with Crippen LogP contribution in [0, 0.1) is 0 Å². The number of hydrogen-bond donors (Lipinski definition) is 1. The molecule has 0 aliphatic carbocycles. The van der Waals surface area contributed by atoms with Gasteiger partial charge in [0.2, 0.25) is 0 Å². The first kappa shape index (κ1) is 16.6. The molecule has 5 nitrogen and oxygen atoms in total. The standard InChI is InChI=1S/C13H20O5/c1-10(15)2-3-11(16)4-5-12(17)6-7-13(18)8-9-14/h14H,2-9H2,1H3. The Labute approximate surface area is 107 Å². The first-order valence-corrected chi connectivity index (χ1v) is 6.11. The first-order chi connectivity index (χ1) is 8.45. The third-order valence-corrected chi connectivity index (χ3v) is 2.51. The van der Waals surface area contributed by atoms with Crippen LogP contribution in [-0.2, 0) is 19.2 Å². The summed E-state index contributed by atoms with van der Waals surface area (Å²) in [5, 5.41) is 8.50. The van der Waals surface area contributed by atoms with E-state index < -0.39 is 0 Å². The van der Waals surface area contributed by atoms with Crippen LogP contribution >= 0.6 is 0 Å². The summed E-state index contributed by atoms with van der Waals surface area (Å²) in [7, 11) is 0. The van der Waals surface area contributed by atoms with E-state index in [2.05, 4.69) is 0 Å². The van der Waals surface area contributed by atoms with Crippen LogP contribution < -0.4 is 0 Å². The van der Waals surface area contributed by atoms with E-state index in [0.717, 1.165) is 0 Å². The minimum Gasteiger partial charge on any atom is -0.396 e. The second-order valence-corrected chi connectivity index (χ2v) is 4.29.